The lowest BCUT2D eigenvalue weighted by atomic mass is 9.98. The van der Waals surface area contributed by atoms with Gasteiger partial charge in [-0.25, -0.2) is 0 Å². The topological polar surface area (TPSA) is 76.2 Å². The molecule has 1 heterocycles. The van der Waals surface area contributed by atoms with Gasteiger partial charge in [-0.15, -0.1) is 0 Å². The van der Waals surface area contributed by atoms with Gasteiger partial charge in [0.25, 0.3) is 0 Å². The maximum atomic E-state index is 13.3. The van der Waals surface area contributed by atoms with E-state index in [1.807, 2.05) is 24.3 Å². The molecule has 0 unspecified atom stereocenters. The Morgan fingerprint density at radius 3 is 2.43 bits per heavy atom. The predicted octanol–water partition coefficient (Wildman–Crippen LogP) is 4.57. The summed E-state index contributed by atoms with van der Waals surface area (Å²) in [6.07, 6.45) is 1.52. The molecule has 144 valence electrons. The fourth-order valence-corrected chi connectivity index (χ4v) is 3.23. The van der Waals surface area contributed by atoms with E-state index in [9.17, 15) is 14.4 Å². The smallest absolute Gasteiger partial charge is 0.307 e. The number of Topliss-reactive ketones (excluding diaryl/α,β-unsaturated/α-hetero) is 2. The van der Waals surface area contributed by atoms with E-state index in [2.05, 4.69) is 11.9 Å². The van der Waals surface area contributed by atoms with Crippen LogP contribution in [0.3, 0.4) is 0 Å². The quantitative estimate of drug-likeness (QED) is 0.461. The Balaban J connectivity index is 1.95. The molecule has 0 saturated carbocycles. The molecule has 3 rings (SSSR count). The van der Waals surface area contributed by atoms with Gasteiger partial charge in [0.15, 0.2) is 6.10 Å². The van der Waals surface area contributed by atoms with Crippen molar-refractivity contribution in [3.8, 4) is 0 Å². The number of aryl methyl sites for hydroxylation is 1. The molecule has 1 atom stereocenters. The second-order valence-electron chi connectivity index (χ2n) is 6.74. The molecular weight excluding hydrogens is 354 g/mol. The number of aromatic nitrogens is 1. The van der Waals surface area contributed by atoms with Crippen molar-refractivity contribution in [1.29, 1.82) is 0 Å². The number of H-pyrrole nitrogens is 1. The summed E-state index contributed by atoms with van der Waals surface area (Å²) in [6.45, 7) is 3.48. The first kappa shape index (κ1) is 19.5. The summed E-state index contributed by atoms with van der Waals surface area (Å²) in [4.78, 5) is 39.9. The van der Waals surface area contributed by atoms with Gasteiger partial charge in [-0.2, -0.15) is 0 Å². The van der Waals surface area contributed by atoms with Crippen LogP contribution in [-0.2, 0) is 20.7 Å². The number of esters is 1. The van der Waals surface area contributed by atoms with Crippen LogP contribution < -0.4 is 0 Å². The number of ketones is 2. The van der Waals surface area contributed by atoms with E-state index >= 15 is 0 Å². The second kappa shape index (κ2) is 8.65. The van der Waals surface area contributed by atoms with Gasteiger partial charge in [-0.05, 0) is 18.9 Å². The first-order valence-corrected chi connectivity index (χ1v) is 9.38. The van der Waals surface area contributed by atoms with E-state index in [4.69, 9.17) is 4.74 Å². The van der Waals surface area contributed by atoms with Crippen molar-refractivity contribution in [2.45, 2.75) is 39.2 Å². The molecule has 2 aromatic carbocycles. The Hall–Kier alpha value is -3.21. The van der Waals surface area contributed by atoms with E-state index in [1.165, 1.54) is 6.92 Å². The van der Waals surface area contributed by atoms with Crippen LogP contribution in [0.1, 0.15) is 54.3 Å². The van der Waals surface area contributed by atoms with Crippen LogP contribution in [0.4, 0.5) is 0 Å². The normalized spacial score (nSPS) is 11.9. The third-order valence-corrected chi connectivity index (χ3v) is 4.72. The number of rotatable bonds is 8. The minimum atomic E-state index is -1.05. The standard InChI is InChI=1S/C23H23NO4/c1-3-16-10-7-11-18-19(14-24-21(16)18)22(27)23(17-8-5-4-6-9-17)28-20(26)13-12-15(2)25/h4-11,14,23-24H,3,12-13H2,1-2H3/t23-/m0/s1. The predicted molar refractivity (Wildman–Crippen MR) is 107 cm³/mol. The lowest BCUT2D eigenvalue weighted by Gasteiger charge is -2.17. The minimum Gasteiger partial charge on any atom is -0.449 e. The zero-order valence-electron chi connectivity index (χ0n) is 16.0. The second-order valence-corrected chi connectivity index (χ2v) is 6.74. The van der Waals surface area contributed by atoms with Crippen molar-refractivity contribution < 1.29 is 19.1 Å². The van der Waals surface area contributed by atoms with Crippen LogP contribution >= 0.6 is 0 Å². The maximum Gasteiger partial charge on any atom is 0.307 e. The molecule has 28 heavy (non-hydrogen) atoms. The van der Waals surface area contributed by atoms with E-state index in [0.717, 1.165) is 22.9 Å². The highest BCUT2D eigenvalue weighted by Gasteiger charge is 2.28. The highest BCUT2D eigenvalue weighted by Crippen LogP contribution is 2.29. The molecule has 5 heteroatoms. The van der Waals surface area contributed by atoms with Crippen molar-refractivity contribution in [1.82, 2.24) is 4.98 Å². The van der Waals surface area contributed by atoms with E-state index in [1.54, 1.807) is 30.5 Å². The number of para-hydroxylation sites is 1. The van der Waals surface area contributed by atoms with Crippen LogP contribution in [0.5, 0.6) is 0 Å². The molecule has 0 bridgehead atoms. The Bertz CT molecular complexity index is 1000. The molecule has 0 saturated heterocycles. The molecule has 0 aliphatic rings. The van der Waals surface area contributed by atoms with Gasteiger partial charge in [-0.1, -0.05) is 55.5 Å². The maximum absolute atomic E-state index is 13.3. The molecule has 0 spiro atoms. The van der Waals surface area contributed by atoms with Crippen LogP contribution in [0.2, 0.25) is 0 Å². The van der Waals surface area contributed by atoms with Crippen molar-refractivity contribution in [3.05, 3.63) is 71.4 Å². The SMILES string of the molecule is CCc1cccc2c(C(=O)[C@@H](OC(=O)CCC(C)=O)c3ccccc3)c[nH]c12. The number of carbonyl (C=O) groups excluding carboxylic acids is 3. The molecule has 1 aromatic heterocycles. The van der Waals surface area contributed by atoms with Crippen LogP contribution in [-0.4, -0.2) is 22.5 Å². The molecular formula is C23H23NO4. The number of ether oxygens (including phenoxy) is 1. The highest BCUT2D eigenvalue weighted by atomic mass is 16.5. The van der Waals surface area contributed by atoms with Gasteiger partial charge in [0.05, 0.1) is 6.42 Å². The van der Waals surface area contributed by atoms with Gasteiger partial charge in [0.2, 0.25) is 5.78 Å². The molecule has 0 amide bonds. The lowest BCUT2D eigenvalue weighted by Crippen LogP contribution is -2.20. The third kappa shape index (κ3) is 4.19. The zero-order valence-corrected chi connectivity index (χ0v) is 16.0. The van der Waals surface area contributed by atoms with Gasteiger partial charge >= 0.3 is 5.97 Å². The summed E-state index contributed by atoms with van der Waals surface area (Å²) in [7, 11) is 0. The van der Waals surface area contributed by atoms with Crippen LogP contribution in [0.25, 0.3) is 10.9 Å². The monoisotopic (exact) mass is 377 g/mol. The summed E-state index contributed by atoms with van der Waals surface area (Å²) >= 11 is 0. The van der Waals surface area contributed by atoms with Gasteiger partial charge < -0.3 is 14.5 Å². The Morgan fingerprint density at radius 2 is 1.75 bits per heavy atom. The first-order valence-electron chi connectivity index (χ1n) is 9.38. The largest absolute Gasteiger partial charge is 0.449 e. The minimum absolute atomic E-state index is 0.0419. The number of fused-ring (bicyclic) bond motifs is 1. The van der Waals surface area contributed by atoms with Crippen LogP contribution in [0, 0.1) is 0 Å². The van der Waals surface area contributed by atoms with Crippen molar-refractivity contribution in [2.24, 2.45) is 0 Å². The zero-order chi connectivity index (χ0) is 20.1. The number of carbonyl (C=O) groups is 3. The summed E-state index contributed by atoms with van der Waals surface area (Å²) in [5, 5.41) is 0.810. The molecule has 0 aliphatic heterocycles. The summed E-state index contributed by atoms with van der Waals surface area (Å²) in [5.74, 6) is -0.948. The Morgan fingerprint density at radius 1 is 1.00 bits per heavy atom. The van der Waals surface area contributed by atoms with Gasteiger partial charge in [-0.3, -0.25) is 9.59 Å². The number of nitrogens with one attached hydrogen (secondary N) is 1. The van der Waals surface area contributed by atoms with Gasteiger partial charge in [0, 0.05) is 34.6 Å². The highest BCUT2D eigenvalue weighted by molar-refractivity contribution is 6.11. The lowest BCUT2D eigenvalue weighted by molar-refractivity contribution is -0.148. The number of hydrogen-bond donors (Lipinski definition) is 1. The molecule has 0 radical (unpaired) electrons. The Labute approximate surface area is 163 Å². The van der Waals surface area contributed by atoms with Gasteiger partial charge in [0.1, 0.15) is 5.78 Å². The summed E-state index contributed by atoms with van der Waals surface area (Å²) < 4.78 is 5.52. The third-order valence-electron chi connectivity index (χ3n) is 4.72. The number of hydrogen-bond acceptors (Lipinski definition) is 4. The summed E-state index contributed by atoms with van der Waals surface area (Å²) in [6, 6.07) is 14.8. The fourth-order valence-electron chi connectivity index (χ4n) is 3.23. The average Bonchev–Trinajstić information content (AvgIpc) is 3.15. The molecule has 0 aliphatic carbocycles. The van der Waals surface area contributed by atoms with Crippen molar-refractivity contribution in [3.63, 3.8) is 0 Å². The van der Waals surface area contributed by atoms with E-state index < -0.39 is 12.1 Å². The molecule has 0 fully saturated rings. The molecule has 3 aromatic rings. The van der Waals surface area contributed by atoms with Crippen molar-refractivity contribution >= 4 is 28.4 Å². The summed E-state index contributed by atoms with van der Waals surface area (Å²) in [5.41, 5.74) is 3.12. The Kier molecular flexibility index (Phi) is 6.04. The number of benzene rings is 2. The fraction of sp³-hybridized carbons (Fsp3) is 0.261. The van der Waals surface area contributed by atoms with Crippen LogP contribution in [0.15, 0.2) is 54.7 Å². The molecule has 5 nitrogen and oxygen atoms in total. The van der Waals surface area contributed by atoms with Crippen molar-refractivity contribution in [2.75, 3.05) is 0 Å². The molecule has 1 N–H and O–H groups in total. The average molecular weight is 377 g/mol. The number of aromatic amines is 1. The first-order chi connectivity index (χ1) is 13.5. The van der Waals surface area contributed by atoms with E-state index in [0.29, 0.717) is 11.1 Å². The van der Waals surface area contributed by atoms with E-state index in [-0.39, 0.29) is 24.4 Å².